The highest BCUT2D eigenvalue weighted by Crippen LogP contribution is 2.04. The molecule has 92 valence electrons. The summed E-state index contributed by atoms with van der Waals surface area (Å²) in [6, 6.07) is 5.97. The minimum Gasteiger partial charge on any atom is -0.320 e. The van der Waals surface area contributed by atoms with Gasteiger partial charge in [-0.05, 0) is 12.1 Å². The molecule has 3 aromatic rings. The maximum absolute atomic E-state index is 4.51. The van der Waals surface area contributed by atoms with E-state index in [9.17, 15) is 0 Å². The third kappa shape index (κ3) is 2.10. The first-order valence-corrected chi connectivity index (χ1v) is 5.79. The van der Waals surface area contributed by atoms with E-state index in [-0.39, 0.29) is 0 Å². The van der Waals surface area contributed by atoms with Gasteiger partial charge >= 0.3 is 0 Å². The Labute approximate surface area is 104 Å². The van der Waals surface area contributed by atoms with Gasteiger partial charge in [-0.25, -0.2) is 4.98 Å². The topological polar surface area (TPSA) is 60.0 Å². The van der Waals surface area contributed by atoms with E-state index in [4.69, 9.17) is 0 Å². The Balaban J connectivity index is 1.65. The lowest BCUT2D eigenvalue weighted by Crippen LogP contribution is -2.15. The van der Waals surface area contributed by atoms with Crippen LogP contribution < -0.4 is 5.32 Å². The number of rotatable bonds is 4. The summed E-state index contributed by atoms with van der Waals surface area (Å²) in [5.41, 5.74) is 1.98. The summed E-state index contributed by atoms with van der Waals surface area (Å²) in [5.74, 6) is 0.916. The molecule has 1 N–H and O–H groups in total. The molecule has 0 aliphatic rings. The summed E-state index contributed by atoms with van der Waals surface area (Å²) in [4.78, 5) is 4.51. The fourth-order valence-corrected chi connectivity index (χ4v) is 1.84. The number of aryl methyl sites for hydroxylation is 1. The molecular weight excluding hydrogens is 228 g/mol. The first kappa shape index (κ1) is 10.9. The van der Waals surface area contributed by atoms with Crippen molar-refractivity contribution in [1.29, 1.82) is 0 Å². The van der Waals surface area contributed by atoms with Crippen molar-refractivity contribution in [2.45, 2.75) is 13.1 Å². The highest BCUT2D eigenvalue weighted by Gasteiger charge is 2.02. The Morgan fingerprint density at radius 2 is 2.22 bits per heavy atom. The third-order valence-corrected chi connectivity index (χ3v) is 2.81. The summed E-state index contributed by atoms with van der Waals surface area (Å²) in [6.07, 6.45) is 5.72. The second-order valence-corrected chi connectivity index (χ2v) is 4.16. The Morgan fingerprint density at radius 1 is 1.28 bits per heavy atom. The number of fused-ring (bicyclic) bond motifs is 1. The van der Waals surface area contributed by atoms with E-state index in [1.54, 1.807) is 6.33 Å². The largest absolute Gasteiger partial charge is 0.320 e. The van der Waals surface area contributed by atoms with Gasteiger partial charge in [0, 0.05) is 26.0 Å². The van der Waals surface area contributed by atoms with Crippen molar-refractivity contribution in [1.82, 2.24) is 29.5 Å². The zero-order chi connectivity index (χ0) is 12.4. The predicted octanol–water partition coefficient (Wildman–Crippen LogP) is 0.753. The van der Waals surface area contributed by atoms with Gasteiger partial charge in [0.2, 0.25) is 0 Å². The van der Waals surface area contributed by atoms with E-state index in [1.165, 1.54) is 0 Å². The van der Waals surface area contributed by atoms with Gasteiger partial charge in [-0.2, -0.15) is 0 Å². The summed E-state index contributed by atoms with van der Waals surface area (Å²) in [7, 11) is 1.93. The van der Waals surface area contributed by atoms with Crippen molar-refractivity contribution in [2.24, 2.45) is 7.05 Å². The molecule has 0 aliphatic heterocycles. The number of hydrogen-bond donors (Lipinski definition) is 1. The number of hydrogen-bond acceptors (Lipinski definition) is 4. The van der Waals surface area contributed by atoms with Crippen LogP contribution in [0.3, 0.4) is 0 Å². The maximum Gasteiger partial charge on any atom is 0.146 e. The summed E-state index contributed by atoms with van der Waals surface area (Å²) in [6.45, 7) is 1.40. The van der Waals surface area contributed by atoms with Gasteiger partial charge in [-0.1, -0.05) is 6.07 Å². The van der Waals surface area contributed by atoms with Gasteiger partial charge in [0.15, 0.2) is 0 Å². The van der Waals surface area contributed by atoms with Crippen LogP contribution in [-0.2, 0) is 20.1 Å². The molecule has 6 heteroatoms. The zero-order valence-corrected chi connectivity index (χ0v) is 10.1. The molecule has 6 nitrogen and oxygen atoms in total. The van der Waals surface area contributed by atoms with E-state index in [2.05, 4.69) is 20.5 Å². The smallest absolute Gasteiger partial charge is 0.146 e. The first-order chi connectivity index (χ1) is 8.83. The van der Waals surface area contributed by atoms with E-state index in [0.717, 1.165) is 17.2 Å². The molecule has 0 fully saturated rings. The maximum atomic E-state index is 4.51. The highest BCUT2D eigenvalue weighted by atomic mass is 15.3. The Hall–Kier alpha value is -2.21. The average molecular weight is 242 g/mol. The molecule has 0 aliphatic carbocycles. The van der Waals surface area contributed by atoms with Gasteiger partial charge in [-0.15, -0.1) is 10.2 Å². The molecule has 0 aromatic carbocycles. The van der Waals surface area contributed by atoms with E-state index in [0.29, 0.717) is 13.1 Å². The molecule has 0 unspecified atom stereocenters. The molecule has 0 radical (unpaired) electrons. The molecule has 3 heterocycles. The molecule has 0 amide bonds. The number of nitrogens with zero attached hydrogens (tertiary/aromatic N) is 5. The molecule has 0 spiro atoms. The summed E-state index contributed by atoms with van der Waals surface area (Å²) < 4.78 is 3.91. The predicted molar refractivity (Wildman–Crippen MR) is 66.7 cm³/mol. The van der Waals surface area contributed by atoms with Crippen molar-refractivity contribution in [3.05, 3.63) is 48.4 Å². The van der Waals surface area contributed by atoms with Crippen molar-refractivity contribution >= 4 is 5.65 Å². The van der Waals surface area contributed by atoms with E-state index in [1.807, 2.05) is 46.6 Å². The Kier molecular flexibility index (Phi) is 2.77. The summed E-state index contributed by atoms with van der Waals surface area (Å²) in [5, 5.41) is 11.2. The molecule has 0 atom stereocenters. The second-order valence-electron chi connectivity index (χ2n) is 4.16. The van der Waals surface area contributed by atoms with Gasteiger partial charge in [0.05, 0.1) is 12.2 Å². The lowest BCUT2D eigenvalue weighted by atomic mass is 10.4. The monoisotopic (exact) mass is 242 g/mol. The summed E-state index contributed by atoms with van der Waals surface area (Å²) >= 11 is 0. The number of nitrogens with one attached hydrogen (secondary N) is 1. The van der Waals surface area contributed by atoms with Crippen LogP contribution in [-0.4, -0.2) is 24.1 Å². The Bertz CT molecular complexity index is 620. The van der Waals surface area contributed by atoms with Gasteiger partial charge in [0.25, 0.3) is 0 Å². The van der Waals surface area contributed by atoms with E-state index < -0.39 is 0 Å². The van der Waals surface area contributed by atoms with Crippen LogP contribution in [0, 0.1) is 0 Å². The normalized spacial score (nSPS) is 11.2. The number of aromatic nitrogens is 5. The van der Waals surface area contributed by atoms with Crippen molar-refractivity contribution in [3.63, 3.8) is 0 Å². The molecule has 0 saturated heterocycles. The number of imidazole rings is 1. The van der Waals surface area contributed by atoms with Crippen LogP contribution in [0.15, 0.2) is 36.9 Å². The van der Waals surface area contributed by atoms with Crippen LogP contribution in [0.2, 0.25) is 0 Å². The molecule has 18 heavy (non-hydrogen) atoms. The lowest BCUT2D eigenvalue weighted by molar-refractivity contribution is 0.631. The van der Waals surface area contributed by atoms with Crippen LogP contribution in [0.25, 0.3) is 5.65 Å². The fourth-order valence-electron chi connectivity index (χ4n) is 1.84. The van der Waals surface area contributed by atoms with Gasteiger partial charge in [-0.3, -0.25) is 0 Å². The minimum absolute atomic E-state index is 0.685. The van der Waals surface area contributed by atoms with Gasteiger partial charge in [0.1, 0.15) is 17.8 Å². The molecule has 0 bridgehead atoms. The standard InChI is InChI=1S/C12H14N6/c1-17-9-14-16-12(17)7-13-6-10-8-18-5-3-2-4-11(18)15-10/h2-5,8-9,13H,6-7H2,1H3. The quantitative estimate of drug-likeness (QED) is 0.733. The fraction of sp³-hybridized carbons (Fsp3) is 0.250. The minimum atomic E-state index is 0.685. The average Bonchev–Trinajstić information content (AvgIpc) is 2.96. The second kappa shape index (κ2) is 4.58. The van der Waals surface area contributed by atoms with E-state index >= 15 is 0 Å². The molecule has 0 saturated carbocycles. The molecule has 3 aromatic heterocycles. The van der Waals surface area contributed by atoms with Crippen LogP contribution in [0.5, 0.6) is 0 Å². The van der Waals surface area contributed by atoms with Crippen LogP contribution in [0.4, 0.5) is 0 Å². The molecule has 3 rings (SSSR count). The van der Waals surface area contributed by atoms with Crippen LogP contribution >= 0.6 is 0 Å². The van der Waals surface area contributed by atoms with Crippen molar-refractivity contribution in [2.75, 3.05) is 0 Å². The van der Waals surface area contributed by atoms with Crippen molar-refractivity contribution < 1.29 is 0 Å². The van der Waals surface area contributed by atoms with Gasteiger partial charge < -0.3 is 14.3 Å². The Morgan fingerprint density at radius 3 is 3.00 bits per heavy atom. The van der Waals surface area contributed by atoms with Crippen LogP contribution in [0.1, 0.15) is 11.5 Å². The highest BCUT2D eigenvalue weighted by molar-refractivity contribution is 5.39. The molecular formula is C12H14N6. The van der Waals surface area contributed by atoms with Crippen molar-refractivity contribution in [3.8, 4) is 0 Å². The lowest BCUT2D eigenvalue weighted by Gasteiger charge is -2.01. The third-order valence-electron chi connectivity index (χ3n) is 2.81. The number of pyridine rings is 1. The first-order valence-electron chi connectivity index (χ1n) is 5.79. The SMILES string of the molecule is Cn1cnnc1CNCc1cn2ccccc2n1. The zero-order valence-electron chi connectivity index (χ0n) is 10.1.